The second-order valence-electron chi connectivity index (χ2n) is 4.39. The average molecular weight is 268 g/mol. The van der Waals surface area contributed by atoms with Gasteiger partial charge in [0.05, 0.1) is 12.7 Å². The number of phenols is 1. The average Bonchev–Trinajstić information content (AvgIpc) is 2.77. The maximum atomic E-state index is 12.2. The van der Waals surface area contributed by atoms with Gasteiger partial charge in [-0.3, -0.25) is 4.79 Å². The topological polar surface area (TPSA) is 55.8 Å². The van der Waals surface area contributed by atoms with E-state index in [0.717, 1.165) is 5.56 Å². The third-order valence-electron chi connectivity index (χ3n) is 3.07. The molecule has 0 aromatic heterocycles. The van der Waals surface area contributed by atoms with Crippen LogP contribution in [0.25, 0.3) is 6.08 Å². The van der Waals surface area contributed by atoms with Crippen molar-refractivity contribution >= 4 is 11.9 Å². The molecular weight excluding hydrogens is 256 g/mol. The van der Waals surface area contributed by atoms with E-state index in [4.69, 9.17) is 9.47 Å². The van der Waals surface area contributed by atoms with Crippen LogP contribution >= 0.6 is 0 Å². The molecule has 20 heavy (non-hydrogen) atoms. The summed E-state index contributed by atoms with van der Waals surface area (Å²) >= 11 is 0. The van der Waals surface area contributed by atoms with Gasteiger partial charge in [0.2, 0.25) is 5.78 Å². The molecule has 100 valence electrons. The van der Waals surface area contributed by atoms with E-state index in [9.17, 15) is 9.90 Å². The van der Waals surface area contributed by atoms with Gasteiger partial charge in [-0.05, 0) is 42.0 Å². The number of rotatable bonds is 2. The minimum atomic E-state index is -0.174. The standard InChI is InChI=1S/C16H12O4/c1-19-12-6-7-14-13(9-12)16(18)15(20-14)8-10-2-4-11(17)5-3-10/h2-9,17H,1H3/b15-8+. The molecule has 0 spiro atoms. The molecule has 0 amide bonds. The van der Waals surface area contributed by atoms with E-state index in [-0.39, 0.29) is 17.3 Å². The van der Waals surface area contributed by atoms with Crippen molar-refractivity contribution in [3.63, 3.8) is 0 Å². The first kappa shape index (κ1) is 12.3. The summed E-state index contributed by atoms with van der Waals surface area (Å²) in [6, 6.07) is 11.7. The minimum absolute atomic E-state index is 0.174. The molecule has 1 heterocycles. The van der Waals surface area contributed by atoms with Gasteiger partial charge in [-0.25, -0.2) is 0 Å². The fourth-order valence-electron chi connectivity index (χ4n) is 2.02. The largest absolute Gasteiger partial charge is 0.508 e. The maximum Gasteiger partial charge on any atom is 0.232 e. The monoisotopic (exact) mass is 268 g/mol. The van der Waals surface area contributed by atoms with Gasteiger partial charge >= 0.3 is 0 Å². The number of methoxy groups -OCH3 is 1. The predicted octanol–water partition coefficient (Wildman–Crippen LogP) is 3.02. The Labute approximate surface area is 115 Å². The third-order valence-corrected chi connectivity index (χ3v) is 3.07. The molecule has 0 radical (unpaired) electrons. The molecule has 0 saturated heterocycles. The maximum absolute atomic E-state index is 12.2. The van der Waals surface area contributed by atoms with E-state index in [2.05, 4.69) is 0 Å². The summed E-state index contributed by atoms with van der Waals surface area (Å²) < 4.78 is 10.6. The van der Waals surface area contributed by atoms with Crippen LogP contribution < -0.4 is 9.47 Å². The number of benzene rings is 2. The van der Waals surface area contributed by atoms with Gasteiger partial charge in [0.25, 0.3) is 0 Å². The van der Waals surface area contributed by atoms with Gasteiger partial charge in [-0.2, -0.15) is 0 Å². The number of ether oxygens (including phenoxy) is 2. The fourth-order valence-corrected chi connectivity index (χ4v) is 2.02. The lowest BCUT2D eigenvalue weighted by atomic mass is 10.1. The van der Waals surface area contributed by atoms with E-state index < -0.39 is 0 Å². The van der Waals surface area contributed by atoms with Crippen molar-refractivity contribution < 1.29 is 19.4 Å². The number of Topliss-reactive ketones (excluding diaryl/α,β-unsaturated/α-hetero) is 1. The lowest BCUT2D eigenvalue weighted by Gasteiger charge is -2.00. The van der Waals surface area contributed by atoms with E-state index in [1.165, 1.54) is 0 Å². The Kier molecular flexibility index (Phi) is 2.91. The smallest absolute Gasteiger partial charge is 0.232 e. The summed E-state index contributed by atoms with van der Waals surface area (Å²) in [5, 5.41) is 9.24. The Morgan fingerprint density at radius 2 is 1.90 bits per heavy atom. The highest BCUT2D eigenvalue weighted by Crippen LogP contribution is 2.34. The Bertz CT molecular complexity index is 699. The van der Waals surface area contributed by atoms with E-state index in [1.54, 1.807) is 55.7 Å². The molecular formula is C16H12O4. The van der Waals surface area contributed by atoms with Crippen LogP contribution in [0.1, 0.15) is 15.9 Å². The molecule has 0 fully saturated rings. The Balaban J connectivity index is 1.95. The summed E-state index contributed by atoms with van der Waals surface area (Å²) in [5.74, 6) is 1.41. The summed E-state index contributed by atoms with van der Waals surface area (Å²) in [7, 11) is 1.55. The van der Waals surface area contributed by atoms with Crippen molar-refractivity contribution in [1.82, 2.24) is 0 Å². The molecule has 2 aromatic carbocycles. The van der Waals surface area contributed by atoms with Crippen LogP contribution in [-0.2, 0) is 0 Å². The first-order valence-corrected chi connectivity index (χ1v) is 6.09. The zero-order valence-corrected chi connectivity index (χ0v) is 10.8. The van der Waals surface area contributed by atoms with Crippen LogP contribution in [0.15, 0.2) is 48.2 Å². The highest BCUT2D eigenvalue weighted by Gasteiger charge is 2.27. The number of aromatic hydroxyl groups is 1. The van der Waals surface area contributed by atoms with Crippen molar-refractivity contribution in [2.75, 3.05) is 7.11 Å². The highest BCUT2D eigenvalue weighted by molar-refractivity contribution is 6.14. The number of fused-ring (bicyclic) bond motifs is 1. The van der Waals surface area contributed by atoms with E-state index >= 15 is 0 Å². The van der Waals surface area contributed by atoms with Gasteiger partial charge in [-0.15, -0.1) is 0 Å². The molecule has 0 unspecified atom stereocenters. The van der Waals surface area contributed by atoms with Crippen molar-refractivity contribution in [3.05, 3.63) is 59.4 Å². The molecule has 0 aliphatic carbocycles. The van der Waals surface area contributed by atoms with Crippen LogP contribution in [0.3, 0.4) is 0 Å². The Morgan fingerprint density at radius 3 is 2.60 bits per heavy atom. The van der Waals surface area contributed by atoms with Crippen LogP contribution in [0.2, 0.25) is 0 Å². The highest BCUT2D eigenvalue weighted by atomic mass is 16.5. The molecule has 4 heteroatoms. The third kappa shape index (κ3) is 2.12. The molecule has 1 aliphatic heterocycles. The molecule has 0 bridgehead atoms. The molecule has 1 aliphatic rings. The molecule has 2 aromatic rings. The fraction of sp³-hybridized carbons (Fsp3) is 0.0625. The number of carbonyl (C=O) groups excluding carboxylic acids is 1. The Hall–Kier alpha value is -2.75. The van der Waals surface area contributed by atoms with Crippen molar-refractivity contribution in [2.45, 2.75) is 0 Å². The minimum Gasteiger partial charge on any atom is -0.508 e. The van der Waals surface area contributed by atoms with Crippen LogP contribution in [0.4, 0.5) is 0 Å². The predicted molar refractivity (Wildman–Crippen MR) is 74.0 cm³/mol. The lowest BCUT2D eigenvalue weighted by molar-refractivity contribution is 0.101. The van der Waals surface area contributed by atoms with Crippen molar-refractivity contribution in [3.8, 4) is 17.2 Å². The second kappa shape index (κ2) is 4.74. The molecule has 1 N–H and O–H groups in total. The number of phenolic OH excluding ortho intramolecular Hbond substituents is 1. The summed E-state index contributed by atoms with van der Waals surface area (Å²) in [6.45, 7) is 0. The molecule has 0 saturated carbocycles. The van der Waals surface area contributed by atoms with Gasteiger partial charge in [-0.1, -0.05) is 12.1 Å². The lowest BCUT2D eigenvalue weighted by Crippen LogP contribution is -1.98. The summed E-state index contributed by atoms with van der Waals surface area (Å²) in [5.41, 5.74) is 1.28. The van der Waals surface area contributed by atoms with Gasteiger partial charge in [0.1, 0.15) is 17.2 Å². The summed E-state index contributed by atoms with van der Waals surface area (Å²) in [6.07, 6.45) is 1.65. The van der Waals surface area contributed by atoms with E-state index in [0.29, 0.717) is 17.1 Å². The van der Waals surface area contributed by atoms with Gasteiger partial charge in [0, 0.05) is 0 Å². The summed E-state index contributed by atoms with van der Waals surface area (Å²) in [4.78, 5) is 12.2. The number of ketones is 1. The normalized spacial score (nSPS) is 15.1. The molecule has 0 atom stereocenters. The number of carbonyl (C=O) groups is 1. The first-order valence-electron chi connectivity index (χ1n) is 6.09. The zero-order chi connectivity index (χ0) is 14.1. The number of allylic oxidation sites excluding steroid dienone is 1. The van der Waals surface area contributed by atoms with Gasteiger partial charge in [0.15, 0.2) is 5.76 Å². The molecule has 4 nitrogen and oxygen atoms in total. The Morgan fingerprint density at radius 1 is 1.15 bits per heavy atom. The quantitative estimate of drug-likeness (QED) is 0.851. The van der Waals surface area contributed by atoms with Crippen LogP contribution in [0, 0.1) is 0 Å². The van der Waals surface area contributed by atoms with Crippen molar-refractivity contribution in [2.24, 2.45) is 0 Å². The SMILES string of the molecule is COc1ccc2c(c1)C(=O)/C(=C\c1ccc(O)cc1)O2. The van der Waals surface area contributed by atoms with Crippen LogP contribution in [0.5, 0.6) is 17.2 Å². The first-order chi connectivity index (χ1) is 9.67. The molecule has 3 rings (SSSR count). The number of hydrogen-bond donors (Lipinski definition) is 1. The number of hydrogen-bond acceptors (Lipinski definition) is 4. The van der Waals surface area contributed by atoms with Crippen molar-refractivity contribution in [1.29, 1.82) is 0 Å². The van der Waals surface area contributed by atoms with Crippen LogP contribution in [-0.4, -0.2) is 18.0 Å². The zero-order valence-electron chi connectivity index (χ0n) is 10.8. The second-order valence-corrected chi connectivity index (χ2v) is 4.39. The van der Waals surface area contributed by atoms with E-state index in [1.807, 2.05) is 0 Å². The van der Waals surface area contributed by atoms with Gasteiger partial charge < -0.3 is 14.6 Å².